The average molecular weight is 654 g/mol. The van der Waals surface area contributed by atoms with Crippen molar-refractivity contribution in [2.45, 2.75) is 51.9 Å². The number of amides is 2. The van der Waals surface area contributed by atoms with Crippen LogP contribution >= 0.6 is 0 Å². The fourth-order valence-corrected chi connectivity index (χ4v) is 5.31. The Balaban J connectivity index is 0.00000600. The van der Waals surface area contributed by atoms with E-state index in [0.29, 0.717) is 39.2 Å². The maximum Gasteiger partial charge on any atom is 1.00 e. The van der Waals surface area contributed by atoms with Crippen LogP contribution in [0.2, 0.25) is 0 Å². The minimum Gasteiger partial charge on any atom is -0.550 e. The van der Waals surface area contributed by atoms with Crippen LogP contribution in [0.3, 0.4) is 0 Å². The summed E-state index contributed by atoms with van der Waals surface area (Å²) in [4.78, 5) is 36.9. The number of carbonyl (C=O) groups excluding carboxylic acids is 3. The molecule has 1 heterocycles. The van der Waals surface area contributed by atoms with Crippen LogP contribution in [-0.2, 0) is 4.79 Å². The van der Waals surface area contributed by atoms with E-state index >= 15 is 0 Å². The van der Waals surface area contributed by atoms with E-state index in [1.807, 2.05) is 13.8 Å². The molecule has 0 aliphatic heterocycles. The number of hydrogen-bond acceptors (Lipinski definition) is 6. The third kappa shape index (κ3) is 9.03. The van der Waals surface area contributed by atoms with E-state index in [0.717, 1.165) is 0 Å². The summed E-state index contributed by atoms with van der Waals surface area (Å²) >= 11 is 0. The van der Waals surface area contributed by atoms with Gasteiger partial charge in [-0.15, -0.1) is 0 Å². The van der Waals surface area contributed by atoms with Crippen LogP contribution in [0.15, 0.2) is 72.8 Å². The molecule has 0 aliphatic rings. The van der Waals surface area contributed by atoms with Gasteiger partial charge in [-0.25, -0.2) is 8.78 Å². The maximum absolute atomic E-state index is 14.3. The van der Waals surface area contributed by atoms with Gasteiger partial charge in [0.2, 0.25) is 5.91 Å². The van der Waals surface area contributed by atoms with Crippen molar-refractivity contribution >= 4 is 29.5 Å². The first-order chi connectivity index (χ1) is 21.8. The molecule has 9 nitrogen and oxygen atoms in total. The number of halogens is 2. The topological polar surface area (TPSA) is 158 Å². The molecule has 4 aromatic rings. The average Bonchev–Trinajstić information content (AvgIpc) is 3.33. The van der Waals surface area contributed by atoms with Crippen LogP contribution in [0.1, 0.15) is 64.8 Å². The molecule has 12 heteroatoms. The number of rotatable bonds is 12. The van der Waals surface area contributed by atoms with Crippen molar-refractivity contribution in [3.05, 3.63) is 107 Å². The van der Waals surface area contributed by atoms with Crippen molar-refractivity contribution in [3.63, 3.8) is 0 Å². The second kappa shape index (κ2) is 16.1. The number of primary amides is 1. The van der Waals surface area contributed by atoms with Crippen molar-refractivity contribution in [2.24, 2.45) is 5.73 Å². The third-order valence-corrected chi connectivity index (χ3v) is 7.39. The minimum absolute atomic E-state index is 0. The van der Waals surface area contributed by atoms with E-state index < -0.39 is 48.0 Å². The van der Waals surface area contributed by atoms with E-state index in [1.54, 1.807) is 29.7 Å². The number of nitrogens with one attached hydrogen (secondary N) is 1. The van der Waals surface area contributed by atoms with Crippen LogP contribution in [0.4, 0.5) is 14.5 Å². The summed E-state index contributed by atoms with van der Waals surface area (Å²) in [6, 6.07) is 15.4. The predicted octanol–water partition coefficient (Wildman–Crippen LogP) is 1.61. The van der Waals surface area contributed by atoms with Gasteiger partial charge in [0, 0.05) is 52.9 Å². The van der Waals surface area contributed by atoms with Crippen LogP contribution in [0, 0.1) is 18.6 Å². The van der Waals surface area contributed by atoms with Gasteiger partial charge in [0.25, 0.3) is 5.91 Å². The number of carboxylic acid groups (broad SMARTS) is 1. The first kappa shape index (κ1) is 37.3. The largest absolute Gasteiger partial charge is 1.00 e. The smallest absolute Gasteiger partial charge is 0.550 e. The van der Waals surface area contributed by atoms with Crippen molar-refractivity contribution < 1.29 is 68.0 Å². The molecule has 1 aromatic heterocycles. The molecule has 2 atom stereocenters. The van der Waals surface area contributed by atoms with Gasteiger partial charge in [-0.2, -0.15) is 0 Å². The Hall–Kier alpha value is -4.13. The molecule has 0 saturated carbocycles. The number of aliphatic carboxylic acids is 1. The molecule has 0 unspecified atom stereocenters. The number of aromatic nitrogens is 1. The van der Waals surface area contributed by atoms with Crippen LogP contribution in [0.25, 0.3) is 28.3 Å². The summed E-state index contributed by atoms with van der Waals surface area (Å²) < 4.78 is 29.9. The van der Waals surface area contributed by atoms with Gasteiger partial charge in [-0.1, -0.05) is 30.3 Å². The Kier molecular flexibility index (Phi) is 12.8. The molecule has 0 bridgehead atoms. The number of nitrogens with zero attached hydrogens (tertiary/aromatic N) is 1. The number of carboxylic acids is 1. The zero-order valence-electron chi connectivity index (χ0n) is 26.5. The van der Waals surface area contributed by atoms with E-state index in [2.05, 4.69) is 5.32 Å². The molecule has 0 spiro atoms. The predicted molar refractivity (Wildman–Crippen MR) is 169 cm³/mol. The molecule has 0 aliphatic carbocycles. The normalized spacial score (nSPS) is 12.5. The van der Waals surface area contributed by atoms with Crippen LogP contribution in [-0.4, -0.2) is 44.8 Å². The minimum atomic E-state index is -1.46. The van der Waals surface area contributed by atoms with Gasteiger partial charge in [0.15, 0.2) is 0 Å². The van der Waals surface area contributed by atoms with Gasteiger partial charge in [0.05, 0.1) is 12.2 Å². The number of hydrogen-bond donors (Lipinski definition) is 4. The molecule has 2 amide bonds. The summed E-state index contributed by atoms with van der Waals surface area (Å²) in [6.07, 6.45) is -0.680. The van der Waals surface area contributed by atoms with Crippen LogP contribution in [0.5, 0.6) is 0 Å². The number of anilines is 1. The van der Waals surface area contributed by atoms with Gasteiger partial charge in [-0.3, -0.25) is 9.59 Å². The molecule has 4 rings (SSSR count). The standard InChI is InChI=1S/C35H35F2N3O6.Na/c1-19(2)40-29(15-13-26(41)17-27(42)18-30(43)44)31(21-4-9-24(36)10-5-21)32(22-6-11-25(37)12-7-22)33(40)35(46)39-28-14-8-23(34(38)45)16-20(28)3;/h4-16,19,26-27,41-42H,17-18H2,1-3H3,(H2,38,45)(H,39,46)(H,43,44);/q;+1/p-1/t26-,27-;/m1./s1. The molecular formula is C35H34F2N3NaO6. The Morgan fingerprint density at radius 3 is 1.98 bits per heavy atom. The van der Waals surface area contributed by atoms with Crippen molar-refractivity contribution in [3.8, 4) is 22.3 Å². The second-order valence-corrected chi connectivity index (χ2v) is 11.2. The number of nitrogens with two attached hydrogens (primary N) is 1. The zero-order chi connectivity index (χ0) is 33.7. The number of aryl methyl sites for hydroxylation is 1. The zero-order valence-corrected chi connectivity index (χ0v) is 28.5. The van der Waals surface area contributed by atoms with Gasteiger partial charge >= 0.3 is 29.6 Å². The van der Waals surface area contributed by atoms with Crippen molar-refractivity contribution in [1.82, 2.24) is 4.57 Å². The summed E-state index contributed by atoms with van der Waals surface area (Å²) in [5.74, 6) is -3.61. The molecule has 0 saturated heterocycles. The summed E-state index contributed by atoms with van der Waals surface area (Å²) in [6.45, 7) is 5.38. The Morgan fingerprint density at radius 2 is 1.49 bits per heavy atom. The SMILES string of the molecule is Cc1cc(C(N)=O)ccc1NC(=O)c1c(-c2ccc(F)cc2)c(-c2ccc(F)cc2)c(C=C[C@@H](O)C[C@@H](O)CC(=O)[O-])n1C(C)C.[Na+]. The summed E-state index contributed by atoms with van der Waals surface area (Å²) in [7, 11) is 0. The third-order valence-electron chi connectivity index (χ3n) is 7.39. The van der Waals surface area contributed by atoms with Crippen molar-refractivity contribution in [2.75, 3.05) is 5.32 Å². The fraction of sp³-hybridized carbons (Fsp3) is 0.229. The quantitative estimate of drug-likeness (QED) is 0.170. The van der Waals surface area contributed by atoms with Crippen LogP contribution < -0.4 is 45.7 Å². The fourth-order valence-electron chi connectivity index (χ4n) is 5.31. The van der Waals surface area contributed by atoms with E-state index in [9.17, 15) is 38.5 Å². The van der Waals surface area contributed by atoms with Gasteiger partial charge in [0.1, 0.15) is 17.3 Å². The molecule has 240 valence electrons. The number of benzene rings is 3. The number of aliphatic hydroxyl groups excluding tert-OH is 2. The Morgan fingerprint density at radius 1 is 0.936 bits per heavy atom. The molecule has 0 fully saturated rings. The van der Waals surface area contributed by atoms with Crippen molar-refractivity contribution in [1.29, 1.82) is 0 Å². The maximum atomic E-state index is 14.3. The molecule has 0 radical (unpaired) electrons. The molecule has 5 N–H and O–H groups in total. The molecule has 47 heavy (non-hydrogen) atoms. The number of carbonyl (C=O) groups is 3. The second-order valence-electron chi connectivity index (χ2n) is 11.2. The summed E-state index contributed by atoms with van der Waals surface area (Å²) in [5, 5.41) is 34.5. The number of aliphatic hydroxyl groups is 2. The monoisotopic (exact) mass is 653 g/mol. The van der Waals surface area contributed by atoms with Gasteiger partial charge in [-0.05, 0) is 86.0 Å². The molecular weight excluding hydrogens is 619 g/mol. The Bertz CT molecular complexity index is 1790. The van der Waals surface area contributed by atoms with Gasteiger partial charge < -0.3 is 35.7 Å². The van der Waals surface area contributed by atoms with E-state index in [4.69, 9.17) is 5.73 Å². The molecule has 3 aromatic carbocycles. The Labute approximate surface area is 293 Å². The summed E-state index contributed by atoms with van der Waals surface area (Å²) in [5.41, 5.74) is 9.13. The van der Waals surface area contributed by atoms with E-state index in [1.165, 1.54) is 60.7 Å². The first-order valence-corrected chi connectivity index (χ1v) is 14.5. The first-order valence-electron chi connectivity index (χ1n) is 14.5. The van der Waals surface area contributed by atoms with E-state index in [-0.39, 0.29) is 53.3 Å².